The molecule has 6 heteroatoms. The normalized spacial score (nSPS) is 10.9. The van der Waals surface area contributed by atoms with Crippen molar-refractivity contribution in [3.63, 3.8) is 0 Å². The number of benzene rings is 2. The Morgan fingerprint density at radius 2 is 1.80 bits per heavy atom. The number of ketones is 1. The number of hydrogen-bond acceptors (Lipinski definition) is 5. The molecule has 3 rings (SSSR count). The number of allylic oxidation sites excluding steroid dienone is 1. The fourth-order valence-electron chi connectivity index (χ4n) is 2.37. The lowest BCUT2D eigenvalue weighted by molar-refractivity contribution is -0.385. The first-order chi connectivity index (χ1) is 12.1. The second kappa shape index (κ2) is 7.19. The van der Waals surface area contributed by atoms with Gasteiger partial charge in [-0.3, -0.25) is 14.9 Å². The first-order valence-corrected chi connectivity index (χ1v) is 8.36. The fourth-order valence-corrected chi connectivity index (χ4v) is 3.36. The molecule has 0 unspecified atom stereocenters. The van der Waals surface area contributed by atoms with Crippen molar-refractivity contribution in [2.75, 3.05) is 0 Å². The highest BCUT2D eigenvalue weighted by molar-refractivity contribution is 7.17. The van der Waals surface area contributed by atoms with Crippen LogP contribution >= 0.6 is 11.3 Å². The van der Waals surface area contributed by atoms with E-state index in [1.807, 2.05) is 30.3 Å². The highest BCUT2D eigenvalue weighted by Crippen LogP contribution is 2.28. The lowest BCUT2D eigenvalue weighted by Crippen LogP contribution is -1.94. The Morgan fingerprint density at radius 3 is 2.52 bits per heavy atom. The van der Waals surface area contributed by atoms with Crippen molar-refractivity contribution in [3.05, 3.63) is 86.9 Å². The van der Waals surface area contributed by atoms with E-state index in [9.17, 15) is 14.9 Å². The van der Waals surface area contributed by atoms with E-state index in [0.29, 0.717) is 16.1 Å². The molecule has 25 heavy (non-hydrogen) atoms. The molecule has 0 saturated heterocycles. The predicted octanol–water partition coefficient (Wildman–Crippen LogP) is 4.92. The van der Waals surface area contributed by atoms with E-state index in [2.05, 4.69) is 4.98 Å². The third kappa shape index (κ3) is 3.70. The monoisotopic (exact) mass is 350 g/mol. The molecule has 124 valence electrons. The van der Waals surface area contributed by atoms with Crippen LogP contribution in [0.3, 0.4) is 0 Å². The van der Waals surface area contributed by atoms with Crippen LogP contribution in [0.25, 0.3) is 16.6 Å². The Bertz CT molecular complexity index is 962. The van der Waals surface area contributed by atoms with E-state index < -0.39 is 4.92 Å². The summed E-state index contributed by atoms with van der Waals surface area (Å²) in [5, 5.41) is 11.8. The van der Waals surface area contributed by atoms with Crippen LogP contribution in [0.5, 0.6) is 0 Å². The van der Waals surface area contributed by atoms with Crippen molar-refractivity contribution in [1.82, 2.24) is 4.98 Å². The molecule has 0 atom stereocenters. The molecule has 1 aromatic heterocycles. The zero-order valence-electron chi connectivity index (χ0n) is 13.4. The van der Waals surface area contributed by atoms with Crippen LogP contribution in [-0.4, -0.2) is 15.7 Å². The number of thiazole rings is 1. The molecule has 0 aliphatic carbocycles. The van der Waals surface area contributed by atoms with Gasteiger partial charge in [-0.15, -0.1) is 11.3 Å². The lowest BCUT2D eigenvalue weighted by Gasteiger charge is -1.96. The number of hydrogen-bond donors (Lipinski definition) is 0. The molecule has 0 aliphatic heterocycles. The summed E-state index contributed by atoms with van der Waals surface area (Å²) in [4.78, 5) is 28.0. The zero-order valence-corrected chi connectivity index (χ0v) is 14.2. The van der Waals surface area contributed by atoms with Gasteiger partial charge in [-0.2, -0.15) is 0 Å². The minimum Gasteiger partial charge on any atom is -0.288 e. The number of nitro benzene ring substituents is 1. The number of carbonyl (C=O) groups is 1. The Hall–Kier alpha value is -3.12. The predicted molar refractivity (Wildman–Crippen MR) is 98.7 cm³/mol. The number of para-hydroxylation sites is 1. The van der Waals surface area contributed by atoms with Crippen LogP contribution < -0.4 is 0 Å². The van der Waals surface area contributed by atoms with Crippen LogP contribution in [0.4, 0.5) is 5.69 Å². The van der Waals surface area contributed by atoms with E-state index in [-0.39, 0.29) is 11.5 Å². The van der Waals surface area contributed by atoms with Crippen molar-refractivity contribution >= 4 is 28.9 Å². The van der Waals surface area contributed by atoms with Gasteiger partial charge in [-0.1, -0.05) is 42.5 Å². The van der Waals surface area contributed by atoms with Gasteiger partial charge in [0.25, 0.3) is 5.69 Å². The highest BCUT2D eigenvalue weighted by Gasteiger charge is 2.15. The summed E-state index contributed by atoms with van der Waals surface area (Å²) in [6, 6.07) is 16.0. The Morgan fingerprint density at radius 1 is 1.12 bits per heavy atom. The molecule has 3 aromatic rings. The number of carbonyl (C=O) groups excluding carboxylic acids is 1. The third-order valence-corrected chi connectivity index (χ3v) is 4.81. The van der Waals surface area contributed by atoms with Crippen molar-refractivity contribution in [2.45, 2.75) is 6.92 Å². The lowest BCUT2D eigenvalue weighted by atomic mass is 10.1. The summed E-state index contributed by atoms with van der Waals surface area (Å²) < 4.78 is 0. The van der Waals surface area contributed by atoms with Gasteiger partial charge in [-0.05, 0) is 25.1 Å². The van der Waals surface area contributed by atoms with Crippen molar-refractivity contribution < 1.29 is 9.72 Å². The molecular weight excluding hydrogens is 336 g/mol. The fraction of sp³-hybridized carbons (Fsp3) is 0.0526. The summed E-state index contributed by atoms with van der Waals surface area (Å²) in [7, 11) is 0. The van der Waals surface area contributed by atoms with Crippen LogP contribution in [0.1, 0.15) is 20.9 Å². The van der Waals surface area contributed by atoms with Gasteiger partial charge in [0.1, 0.15) is 5.01 Å². The summed E-state index contributed by atoms with van der Waals surface area (Å²) in [6.07, 6.45) is 2.83. The third-order valence-electron chi connectivity index (χ3n) is 3.59. The number of nitro groups is 1. The Balaban J connectivity index is 1.88. The Labute approximate surface area is 148 Å². The van der Waals surface area contributed by atoms with Crippen molar-refractivity contribution in [3.8, 4) is 10.6 Å². The maximum atomic E-state index is 12.5. The van der Waals surface area contributed by atoms with Crippen LogP contribution in [0, 0.1) is 17.0 Å². The van der Waals surface area contributed by atoms with E-state index in [1.54, 1.807) is 25.1 Å². The number of nitrogens with zero attached hydrogens (tertiary/aromatic N) is 2. The second-order valence-corrected chi connectivity index (χ2v) is 6.31. The minimum atomic E-state index is -0.463. The SMILES string of the molecule is Cc1nc(-c2ccccc2)sc1C(=O)/C=C/c1ccccc1[N+](=O)[O-]. The minimum absolute atomic E-state index is 0.0300. The second-order valence-electron chi connectivity index (χ2n) is 5.31. The maximum absolute atomic E-state index is 12.5. The Kier molecular flexibility index (Phi) is 4.81. The molecule has 0 fully saturated rings. The molecule has 0 bridgehead atoms. The standard InChI is InChI=1S/C19H14N2O3S/c1-13-18(25-19(20-13)15-8-3-2-4-9-15)17(22)12-11-14-7-5-6-10-16(14)21(23)24/h2-12H,1H3/b12-11+. The smallest absolute Gasteiger partial charge is 0.276 e. The van der Waals surface area contributed by atoms with Crippen LogP contribution in [0.2, 0.25) is 0 Å². The van der Waals surface area contributed by atoms with Gasteiger partial charge in [0, 0.05) is 11.6 Å². The van der Waals surface area contributed by atoms with E-state index in [1.165, 1.54) is 29.6 Å². The topological polar surface area (TPSA) is 73.1 Å². The molecule has 0 saturated carbocycles. The molecule has 0 radical (unpaired) electrons. The van der Waals surface area contributed by atoms with Gasteiger partial charge in [0.05, 0.1) is 21.1 Å². The molecule has 1 heterocycles. The number of aromatic nitrogens is 1. The summed E-state index contributed by atoms with van der Waals surface area (Å²) in [5.74, 6) is -0.213. The molecule has 0 amide bonds. The number of aryl methyl sites for hydroxylation is 1. The summed E-state index contributed by atoms with van der Waals surface area (Å²) in [5.41, 5.74) is 1.97. The molecular formula is C19H14N2O3S. The molecule has 0 spiro atoms. The molecule has 2 aromatic carbocycles. The molecule has 5 nitrogen and oxygen atoms in total. The van der Waals surface area contributed by atoms with E-state index >= 15 is 0 Å². The van der Waals surface area contributed by atoms with Crippen LogP contribution in [-0.2, 0) is 0 Å². The van der Waals surface area contributed by atoms with E-state index in [4.69, 9.17) is 0 Å². The van der Waals surface area contributed by atoms with Gasteiger partial charge < -0.3 is 0 Å². The number of rotatable bonds is 5. The van der Waals surface area contributed by atoms with Gasteiger partial charge in [0.15, 0.2) is 5.78 Å². The van der Waals surface area contributed by atoms with Crippen molar-refractivity contribution in [1.29, 1.82) is 0 Å². The maximum Gasteiger partial charge on any atom is 0.276 e. The van der Waals surface area contributed by atoms with Crippen molar-refractivity contribution in [2.24, 2.45) is 0 Å². The average molecular weight is 350 g/mol. The first kappa shape index (κ1) is 16.7. The van der Waals surface area contributed by atoms with Gasteiger partial charge >= 0.3 is 0 Å². The molecule has 0 N–H and O–H groups in total. The zero-order chi connectivity index (χ0) is 17.8. The van der Waals surface area contributed by atoms with E-state index in [0.717, 1.165) is 10.6 Å². The summed E-state index contributed by atoms with van der Waals surface area (Å²) >= 11 is 1.32. The molecule has 0 aliphatic rings. The quantitative estimate of drug-likeness (QED) is 0.283. The van der Waals surface area contributed by atoms with Gasteiger partial charge in [0.2, 0.25) is 0 Å². The van der Waals surface area contributed by atoms with Gasteiger partial charge in [-0.25, -0.2) is 4.98 Å². The summed E-state index contributed by atoms with van der Waals surface area (Å²) in [6.45, 7) is 1.79. The highest BCUT2D eigenvalue weighted by atomic mass is 32.1. The average Bonchev–Trinajstić information content (AvgIpc) is 3.02. The first-order valence-electron chi connectivity index (χ1n) is 7.55. The van der Waals surface area contributed by atoms with Crippen LogP contribution in [0.15, 0.2) is 60.7 Å². The largest absolute Gasteiger partial charge is 0.288 e.